The first kappa shape index (κ1) is 8.93. The molecule has 0 saturated carbocycles. The highest BCUT2D eigenvalue weighted by atomic mass is 79.9. The summed E-state index contributed by atoms with van der Waals surface area (Å²) in [6.45, 7) is 1.89. The van der Waals surface area contributed by atoms with Gasteiger partial charge in [-0.3, -0.25) is 0 Å². The lowest BCUT2D eigenvalue weighted by atomic mass is 10.4. The van der Waals surface area contributed by atoms with Gasteiger partial charge < -0.3 is 4.90 Å². The van der Waals surface area contributed by atoms with Crippen LogP contribution in [0, 0.1) is 11.3 Å². The van der Waals surface area contributed by atoms with Crippen molar-refractivity contribution in [2.24, 2.45) is 0 Å². The summed E-state index contributed by atoms with van der Waals surface area (Å²) < 4.78 is 0. The van der Waals surface area contributed by atoms with Gasteiger partial charge in [-0.25, -0.2) is 0 Å². The number of hydrogen-bond donors (Lipinski definition) is 0. The van der Waals surface area contributed by atoms with Crippen LogP contribution in [0.1, 0.15) is 6.42 Å². The average molecular weight is 191 g/mol. The van der Waals surface area contributed by atoms with Gasteiger partial charge in [0, 0.05) is 24.8 Å². The first-order valence-electron chi connectivity index (χ1n) is 2.92. The number of nitriles is 1. The monoisotopic (exact) mass is 190 g/mol. The van der Waals surface area contributed by atoms with Crippen molar-refractivity contribution in [3.8, 4) is 6.07 Å². The molecule has 3 heteroatoms. The standard InChI is InChI=1S/C6H11BrN2/c1-9(6-3-7)5-2-4-8/h2-3,5-6H2,1H3. The van der Waals surface area contributed by atoms with Crippen molar-refractivity contribution in [3.05, 3.63) is 0 Å². The second kappa shape index (κ2) is 6.06. The number of hydrogen-bond acceptors (Lipinski definition) is 2. The van der Waals surface area contributed by atoms with E-state index in [-0.39, 0.29) is 0 Å². The zero-order valence-corrected chi connectivity index (χ0v) is 7.19. The van der Waals surface area contributed by atoms with Crippen LogP contribution in [0.15, 0.2) is 0 Å². The minimum Gasteiger partial charge on any atom is -0.305 e. The molecule has 0 fully saturated rings. The van der Waals surface area contributed by atoms with Gasteiger partial charge in [0.15, 0.2) is 0 Å². The Hall–Kier alpha value is -0.0700. The van der Waals surface area contributed by atoms with E-state index in [9.17, 15) is 0 Å². The number of rotatable bonds is 4. The molecule has 0 rings (SSSR count). The topological polar surface area (TPSA) is 27.0 Å². The Kier molecular flexibility index (Phi) is 6.01. The maximum Gasteiger partial charge on any atom is 0.0635 e. The molecule has 0 heterocycles. The van der Waals surface area contributed by atoms with Crippen LogP contribution in [0.25, 0.3) is 0 Å². The maximum atomic E-state index is 8.19. The van der Waals surface area contributed by atoms with Gasteiger partial charge in [0.25, 0.3) is 0 Å². The van der Waals surface area contributed by atoms with E-state index in [2.05, 4.69) is 26.9 Å². The highest BCUT2D eigenvalue weighted by Crippen LogP contribution is 1.87. The fourth-order valence-electron chi connectivity index (χ4n) is 0.497. The predicted molar refractivity (Wildman–Crippen MR) is 41.5 cm³/mol. The van der Waals surface area contributed by atoms with Gasteiger partial charge in [-0.15, -0.1) is 0 Å². The number of halogens is 1. The van der Waals surface area contributed by atoms with E-state index in [1.807, 2.05) is 7.05 Å². The van der Waals surface area contributed by atoms with Crippen molar-refractivity contribution >= 4 is 15.9 Å². The van der Waals surface area contributed by atoms with Gasteiger partial charge in [0.2, 0.25) is 0 Å². The quantitative estimate of drug-likeness (QED) is 0.625. The molecule has 0 spiro atoms. The fourth-order valence-corrected chi connectivity index (χ4v) is 1.10. The van der Waals surface area contributed by atoms with Crippen LogP contribution < -0.4 is 0 Å². The molecule has 0 N–H and O–H groups in total. The van der Waals surface area contributed by atoms with Crippen LogP contribution in [0.5, 0.6) is 0 Å². The van der Waals surface area contributed by atoms with Crippen LogP contribution in [-0.2, 0) is 0 Å². The Labute approximate surface area is 64.6 Å². The van der Waals surface area contributed by atoms with E-state index in [4.69, 9.17) is 5.26 Å². The minimum atomic E-state index is 0.628. The van der Waals surface area contributed by atoms with Gasteiger partial charge in [-0.05, 0) is 7.05 Å². The molecule has 0 amide bonds. The third kappa shape index (κ3) is 5.81. The highest BCUT2D eigenvalue weighted by Gasteiger charge is 1.93. The Morgan fingerprint density at radius 3 is 2.67 bits per heavy atom. The van der Waals surface area contributed by atoms with Crippen molar-refractivity contribution in [2.45, 2.75) is 6.42 Å². The highest BCUT2D eigenvalue weighted by molar-refractivity contribution is 9.09. The largest absolute Gasteiger partial charge is 0.305 e. The average Bonchev–Trinajstić information content (AvgIpc) is 1.85. The van der Waals surface area contributed by atoms with Crippen molar-refractivity contribution < 1.29 is 0 Å². The third-order valence-electron chi connectivity index (χ3n) is 1.07. The van der Waals surface area contributed by atoms with Crippen molar-refractivity contribution in [1.29, 1.82) is 5.26 Å². The van der Waals surface area contributed by atoms with Crippen LogP contribution >= 0.6 is 15.9 Å². The SMILES string of the molecule is CN(CCBr)CCC#N. The van der Waals surface area contributed by atoms with E-state index < -0.39 is 0 Å². The molecule has 0 aliphatic carbocycles. The molecule has 0 atom stereocenters. The molecule has 2 nitrogen and oxygen atoms in total. The molecule has 0 aliphatic rings. The van der Waals surface area contributed by atoms with Crippen molar-refractivity contribution in [3.63, 3.8) is 0 Å². The lowest BCUT2D eigenvalue weighted by Crippen LogP contribution is -2.21. The molecule has 0 bridgehead atoms. The zero-order valence-electron chi connectivity index (χ0n) is 5.60. The molecule has 52 valence electrons. The maximum absolute atomic E-state index is 8.19. The Morgan fingerprint density at radius 1 is 1.56 bits per heavy atom. The molecule has 0 saturated heterocycles. The van der Waals surface area contributed by atoms with Gasteiger partial charge in [0.1, 0.15) is 0 Å². The summed E-state index contributed by atoms with van der Waals surface area (Å²) in [5, 5.41) is 9.18. The summed E-state index contributed by atoms with van der Waals surface area (Å²) in [6.07, 6.45) is 0.628. The summed E-state index contributed by atoms with van der Waals surface area (Å²) in [5.41, 5.74) is 0. The fraction of sp³-hybridized carbons (Fsp3) is 0.833. The number of nitrogens with zero attached hydrogens (tertiary/aromatic N) is 2. The molecule has 0 aromatic carbocycles. The van der Waals surface area contributed by atoms with Crippen LogP contribution in [0.4, 0.5) is 0 Å². The molecule has 0 unspecified atom stereocenters. The predicted octanol–water partition coefficient (Wildman–Crippen LogP) is 1.23. The molecule has 9 heavy (non-hydrogen) atoms. The molecular formula is C6H11BrN2. The van der Waals surface area contributed by atoms with Gasteiger partial charge >= 0.3 is 0 Å². The summed E-state index contributed by atoms with van der Waals surface area (Å²) in [6, 6.07) is 2.10. The summed E-state index contributed by atoms with van der Waals surface area (Å²) in [5.74, 6) is 0. The Bertz CT molecular complexity index is 97.7. The molecule has 0 radical (unpaired) electrons. The zero-order chi connectivity index (χ0) is 7.11. The molecular weight excluding hydrogens is 180 g/mol. The van der Waals surface area contributed by atoms with E-state index in [1.165, 1.54) is 0 Å². The first-order valence-corrected chi connectivity index (χ1v) is 4.05. The van der Waals surface area contributed by atoms with Gasteiger partial charge in [0.05, 0.1) is 6.07 Å². The van der Waals surface area contributed by atoms with Gasteiger partial charge in [-0.2, -0.15) is 5.26 Å². The normalized spacial score (nSPS) is 9.56. The second-order valence-corrected chi connectivity index (χ2v) is 2.69. The van der Waals surface area contributed by atoms with Crippen molar-refractivity contribution in [1.82, 2.24) is 4.90 Å². The van der Waals surface area contributed by atoms with Gasteiger partial charge in [-0.1, -0.05) is 15.9 Å². The summed E-state index contributed by atoms with van der Waals surface area (Å²) in [4.78, 5) is 2.12. The van der Waals surface area contributed by atoms with E-state index in [0.29, 0.717) is 6.42 Å². The molecule has 0 aromatic rings. The summed E-state index contributed by atoms with van der Waals surface area (Å²) >= 11 is 3.32. The smallest absolute Gasteiger partial charge is 0.0635 e. The van der Waals surface area contributed by atoms with Crippen molar-refractivity contribution in [2.75, 3.05) is 25.5 Å². The minimum absolute atomic E-state index is 0.628. The second-order valence-electron chi connectivity index (χ2n) is 1.90. The van der Waals surface area contributed by atoms with E-state index >= 15 is 0 Å². The third-order valence-corrected chi connectivity index (χ3v) is 1.43. The van der Waals surface area contributed by atoms with E-state index in [1.54, 1.807) is 0 Å². The lowest BCUT2D eigenvalue weighted by Gasteiger charge is -2.11. The molecule has 0 aliphatic heterocycles. The van der Waals surface area contributed by atoms with Crippen LogP contribution in [0.3, 0.4) is 0 Å². The Morgan fingerprint density at radius 2 is 2.22 bits per heavy atom. The van der Waals surface area contributed by atoms with E-state index in [0.717, 1.165) is 18.4 Å². The Balaban J connectivity index is 3.07. The summed E-state index contributed by atoms with van der Waals surface area (Å²) in [7, 11) is 2.01. The first-order chi connectivity index (χ1) is 4.31. The van der Waals surface area contributed by atoms with Crippen LogP contribution in [-0.4, -0.2) is 30.4 Å². The number of alkyl halides is 1. The molecule has 0 aromatic heterocycles. The lowest BCUT2D eigenvalue weighted by molar-refractivity contribution is 0.365. The van der Waals surface area contributed by atoms with Crippen LogP contribution in [0.2, 0.25) is 0 Å².